The van der Waals surface area contributed by atoms with Gasteiger partial charge in [0, 0.05) is 66.3 Å². The maximum Gasteiger partial charge on any atom is 0.251 e. The van der Waals surface area contributed by atoms with Crippen LogP contribution in [0.2, 0.25) is 5.02 Å². The Labute approximate surface area is 249 Å². The first kappa shape index (κ1) is 27.8. The van der Waals surface area contributed by atoms with E-state index < -0.39 is 0 Å². The molecule has 42 heavy (non-hydrogen) atoms. The van der Waals surface area contributed by atoms with Gasteiger partial charge < -0.3 is 20.9 Å². The number of carbonyl (C=O) groups excluding carboxylic acids is 2. The molecule has 3 N–H and O–H groups in total. The highest BCUT2D eigenvalue weighted by Gasteiger charge is 2.23. The Morgan fingerprint density at radius 3 is 2.55 bits per heavy atom. The maximum absolute atomic E-state index is 13.3. The summed E-state index contributed by atoms with van der Waals surface area (Å²) in [5, 5.41) is 9.90. The number of fused-ring (bicyclic) bond motifs is 3. The second kappa shape index (κ2) is 12.3. The molecule has 0 spiro atoms. The van der Waals surface area contributed by atoms with Crippen molar-refractivity contribution in [2.75, 3.05) is 50.4 Å². The summed E-state index contributed by atoms with van der Waals surface area (Å²) in [6, 6.07) is 22.6. The van der Waals surface area contributed by atoms with Gasteiger partial charge in [-0.15, -0.1) is 0 Å². The van der Waals surface area contributed by atoms with Crippen LogP contribution in [0.1, 0.15) is 27.5 Å². The molecule has 214 valence electrons. The van der Waals surface area contributed by atoms with Gasteiger partial charge in [-0.2, -0.15) is 0 Å². The fourth-order valence-electron chi connectivity index (χ4n) is 5.31. The number of nitrogens with zero attached hydrogens (tertiary/aromatic N) is 4. The second-order valence-electron chi connectivity index (χ2n) is 10.7. The number of benzene rings is 3. The quantitative estimate of drug-likeness (QED) is 0.289. The Bertz CT molecular complexity index is 1590. The van der Waals surface area contributed by atoms with Crippen LogP contribution in [0.4, 0.5) is 17.3 Å². The number of carbonyl (C=O) groups is 2. The lowest BCUT2D eigenvalue weighted by Gasteiger charge is -2.35. The van der Waals surface area contributed by atoms with E-state index in [9.17, 15) is 9.59 Å². The van der Waals surface area contributed by atoms with E-state index in [-0.39, 0.29) is 24.3 Å². The van der Waals surface area contributed by atoms with Crippen molar-refractivity contribution in [2.45, 2.75) is 12.5 Å². The van der Waals surface area contributed by atoms with E-state index in [1.54, 1.807) is 30.5 Å². The number of likely N-dealkylation sites (N-methyl/N-ethyl adjacent to an activating group) is 1. The van der Waals surface area contributed by atoms with Crippen LogP contribution >= 0.6 is 11.6 Å². The molecule has 2 aliphatic rings. The molecule has 0 radical (unpaired) electrons. The Balaban J connectivity index is 1.16. The minimum absolute atomic E-state index is 0.119. The molecule has 1 fully saturated rings. The van der Waals surface area contributed by atoms with Gasteiger partial charge in [-0.3, -0.25) is 14.5 Å². The summed E-state index contributed by atoms with van der Waals surface area (Å²) >= 11 is 6.16. The van der Waals surface area contributed by atoms with Crippen LogP contribution in [-0.2, 0) is 11.2 Å². The van der Waals surface area contributed by atoms with Gasteiger partial charge in [-0.25, -0.2) is 9.97 Å². The molecule has 1 saturated heterocycles. The smallest absolute Gasteiger partial charge is 0.251 e. The van der Waals surface area contributed by atoms with Gasteiger partial charge in [-0.05, 0) is 55.1 Å². The molecule has 2 amide bonds. The fraction of sp³-hybridized carbons (Fsp3) is 0.250. The second-order valence-corrected chi connectivity index (χ2v) is 11.2. The average Bonchev–Trinajstić information content (AvgIpc) is 3.13. The highest BCUT2D eigenvalue weighted by atomic mass is 35.5. The zero-order chi connectivity index (χ0) is 29.1. The molecule has 3 aromatic carbocycles. The van der Waals surface area contributed by atoms with E-state index in [0.717, 1.165) is 55.1 Å². The van der Waals surface area contributed by atoms with E-state index in [1.807, 2.05) is 36.4 Å². The maximum atomic E-state index is 13.3. The molecule has 4 aromatic rings. The Hall–Kier alpha value is -4.31. The topological polar surface area (TPSA) is 102 Å². The third kappa shape index (κ3) is 6.44. The first-order valence-corrected chi connectivity index (χ1v) is 14.4. The lowest BCUT2D eigenvalue weighted by molar-refractivity contribution is -0.115. The zero-order valence-electron chi connectivity index (χ0n) is 23.3. The van der Waals surface area contributed by atoms with Crippen molar-refractivity contribution in [1.82, 2.24) is 25.1 Å². The van der Waals surface area contributed by atoms with Crippen LogP contribution in [0.15, 0.2) is 79.0 Å². The highest BCUT2D eigenvalue weighted by molar-refractivity contribution is 6.31. The lowest BCUT2D eigenvalue weighted by Crippen LogP contribution is -2.47. The van der Waals surface area contributed by atoms with Gasteiger partial charge in [0.15, 0.2) is 0 Å². The van der Waals surface area contributed by atoms with E-state index in [1.165, 1.54) is 0 Å². The molecule has 0 bridgehead atoms. The molecular weight excluding hydrogens is 550 g/mol. The van der Waals surface area contributed by atoms with Crippen LogP contribution in [0.5, 0.6) is 0 Å². The number of halogens is 1. The number of hydrogen-bond donors (Lipinski definition) is 3. The predicted octanol–water partition coefficient (Wildman–Crippen LogP) is 4.75. The molecule has 0 saturated carbocycles. The molecule has 1 unspecified atom stereocenters. The summed E-state index contributed by atoms with van der Waals surface area (Å²) in [5.74, 6) is 0.115. The van der Waals surface area contributed by atoms with Gasteiger partial charge in [-0.1, -0.05) is 41.9 Å². The van der Waals surface area contributed by atoms with E-state index in [2.05, 4.69) is 49.9 Å². The summed E-state index contributed by atoms with van der Waals surface area (Å²) in [6.45, 7) is 4.76. The van der Waals surface area contributed by atoms with Gasteiger partial charge in [0.05, 0.1) is 23.8 Å². The molecule has 3 heterocycles. The largest absolute Gasteiger partial charge is 0.344 e. The van der Waals surface area contributed by atoms with E-state index in [0.29, 0.717) is 27.9 Å². The van der Waals surface area contributed by atoms with Crippen molar-refractivity contribution in [3.8, 4) is 11.3 Å². The SMILES string of the molecule is CN1CCN(CC(NC(=O)c2ccc(Nc3ncc4c(n3)-c3ccc(Cl)cc3NC(=O)C4)cc2)c2ccccc2)CC1. The van der Waals surface area contributed by atoms with Gasteiger partial charge >= 0.3 is 0 Å². The molecule has 1 aromatic heterocycles. The summed E-state index contributed by atoms with van der Waals surface area (Å²) in [5.41, 5.74) is 5.19. The van der Waals surface area contributed by atoms with Gasteiger partial charge in [0.2, 0.25) is 11.9 Å². The average molecular weight is 582 g/mol. The molecule has 2 aliphatic heterocycles. The number of piperazine rings is 1. The van der Waals surface area contributed by atoms with Crippen molar-refractivity contribution < 1.29 is 9.59 Å². The van der Waals surface area contributed by atoms with Crippen molar-refractivity contribution in [3.05, 3.63) is 101 Å². The van der Waals surface area contributed by atoms with Crippen molar-refractivity contribution in [3.63, 3.8) is 0 Å². The number of amides is 2. The standard InChI is InChI=1S/C32H32ClN7O2/c1-39-13-15-40(16-14-39)20-28(21-5-3-2-4-6-21)37-31(42)22-7-10-25(11-8-22)35-32-34-19-23-17-29(41)36-27-18-24(33)9-12-26(27)30(23)38-32/h2-12,18-19,28H,13-17,20H2,1H3,(H,36,41)(H,37,42)(H,34,35,38). The van der Waals surface area contributed by atoms with Crippen LogP contribution in [-0.4, -0.2) is 71.4 Å². The number of anilines is 3. The van der Waals surface area contributed by atoms with Crippen molar-refractivity contribution in [2.24, 2.45) is 0 Å². The number of hydrogen-bond acceptors (Lipinski definition) is 7. The van der Waals surface area contributed by atoms with Gasteiger partial charge in [0.25, 0.3) is 5.91 Å². The Morgan fingerprint density at radius 2 is 1.79 bits per heavy atom. The number of rotatable bonds is 7. The van der Waals surface area contributed by atoms with E-state index in [4.69, 9.17) is 16.6 Å². The Kier molecular flexibility index (Phi) is 8.14. The first-order valence-electron chi connectivity index (χ1n) is 14.0. The van der Waals surface area contributed by atoms with Crippen LogP contribution in [0.3, 0.4) is 0 Å². The number of aromatic nitrogens is 2. The third-order valence-corrected chi connectivity index (χ3v) is 7.91. The fourth-order valence-corrected chi connectivity index (χ4v) is 5.48. The molecule has 6 rings (SSSR count). The normalized spacial score (nSPS) is 16.0. The number of nitrogens with one attached hydrogen (secondary N) is 3. The zero-order valence-corrected chi connectivity index (χ0v) is 24.1. The van der Waals surface area contributed by atoms with Crippen LogP contribution in [0.25, 0.3) is 11.3 Å². The highest BCUT2D eigenvalue weighted by Crippen LogP contribution is 2.35. The Morgan fingerprint density at radius 1 is 1.02 bits per heavy atom. The minimum Gasteiger partial charge on any atom is -0.344 e. The third-order valence-electron chi connectivity index (χ3n) is 7.67. The lowest BCUT2D eigenvalue weighted by atomic mass is 10.0. The summed E-state index contributed by atoms with van der Waals surface area (Å²) in [6.07, 6.45) is 1.84. The summed E-state index contributed by atoms with van der Waals surface area (Å²) in [7, 11) is 2.14. The first-order chi connectivity index (χ1) is 20.4. The van der Waals surface area contributed by atoms with Gasteiger partial charge in [0.1, 0.15) is 0 Å². The summed E-state index contributed by atoms with van der Waals surface area (Å²) in [4.78, 5) is 39.6. The summed E-state index contributed by atoms with van der Waals surface area (Å²) < 4.78 is 0. The molecule has 1 atom stereocenters. The van der Waals surface area contributed by atoms with Crippen LogP contribution < -0.4 is 16.0 Å². The van der Waals surface area contributed by atoms with Crippen molar-refractivity contribution in [1.29, 1.82) is 0 Å². The molecule has 0 aliphatic carbocycles. The molecule has 10 heteroatoms. The monoisotopic (exact) mass is 581 g/mol. The molecular formula is C32H32ClN7O2. The minimum atomic E-state index is -0.145. The van der Waals surface area contributed by atoms with Crippen LogP contribution in [0, 0.1) is 0 Å². The molecule has 9 nitrogen and oxygen atoms in total. The van der Waals surface area contributed by atoms with E-state index >= 15 is 0 Å². The van der Waals surface area contributed by atoms with Crippen molar-refractivity contribution >= 4 is 40.7 Å². The predicted molar refractivity (Wildman–Crippen MR) is 165 cm³/mol.